The molecule has 1 fully saturated rings. The lowest BCUT2D eigenvalue weighted by Gasteiger charge is -2.28. The van der Waals surface area contributed by atoms with Crippen LogP contribution in [0.15, 0.2) is 48.9 Å². The Morgan fingerprint density at radius 2 is 1.94 bits per heavy atom. The maximum Gasteiger partial charge on any atom is 0.223 e. The van der Waals surface area contributed by atoms with E-state index in [1.54, 1.807) is 17.1 Å². The molecule has 0 bridgehead atoms. The fraction of sp³-hybridized carbons (Fsp3) is 0.385. The molecule has 0 saturated heterocycles. The minimum Gasteiger partial charge on any atom is -0.349 e. The van der Waals surface area contributed by atoms with E-state index < -0.39 is 0 Å². The van der Waals surface area contributed by atoms with Gasteiger partial charge in [-0.1, -0.05) is 6.07 Å². The monoisotopic (exact) mass is 485 g/mol. The topological polar surface area (TPSA) is 126 Å². The third-order valence-corrected chi connectivity index (χ3v) is 6.67. The molecule has 1 aliphatic carbocycles. The van der Waals surface area contributed by atoms with Gasteiger partial charge in [-0.15, -0.1) is 0 Å². The van der Waals surface area contributed by atoms with E-state index in [0.717, 1.165) is 65.9 Å². The van der Waals surface area contributed by atoms with Crippen molar-refractivity contribution in [2.24, 2.45) is 5.92 Å². The average Bonchev–Trinajstić information content (AvgIpc) is 3.56. The number of rotatable bonds is 7. The fourth-order valence-corrected chi connectivity index (χ4v) is 4.67. The Morgan fingerprint density at radius 1 is 1.11 bits per heavy atom. The molecule has 0 spiro atoms. The number of hydrogen-bond acceptors (Lipinski definition) is 7. The molecule has 36 heavy (non-hydrogen) atoms. The predicted molar refractivity (Wildman–Crippen MR) is 136 cm³/mol. The van der Waals surface area contributed by atoms with Gasteiger partial charge in [0, 0.05) is 53.9 Å². The van der Waals surface area contributed by atoms with Crippen molar-refractivity contribution in [3.8, 4) is 5.82 Å². The molecule has 1 aliphatic rings. The number of H-pyrrole nitrogens is 1. The summed E-state index contributed by atoms with van der Waals surface area (Å²) in [6.45, 7) is 5.92. The van der Waals surface area contributed by atoms with E-state index in [1.165, 1.54) is 0 Å². The van der Waals surface area contributed by atoms with Crippen LogP contribution in [0.1, 0.15) is 67.3 Å². The molecule has 4 heterocycles. The first-order valence-electron chi connectivity index (χ1n) is 12.4. The number of carbonyl (C=O) groups excluding carboxylic acids is 1. The van der Waals surface area contributed by atoms with Crippen LogP contribution in [0.4, 0.5) is 11.6 Å². The summed E-state index contributed by atoms with van der Waals surface area (Å²) >= 11 is 0. The lowest BCUT2D eigenvalue weighted by Crippen LogP contribution is -2.34. The number of aromatic nitrogens is 7. The van der Waals surface area contributed by atoms with Crippen molar-refractivity contribution < 1.29 is 4.79 Å². The van der Waals surface area contributed by atoms with Crippen molar-refractivity contribution in [2.75, 3.05) is 5.32 Å². The van der Waals surface area contributed by atoms with Gasteiger partial charge >= 0.3 is 0 Å². The smallest absolute Gasteiger partial charge is 0.223 e. The summed E-state index contributed by atoms with van der Waals surface area (Å²) in [5.74, 6) is 3.39. The zero-order chi connectivity index (χ0) is 25.1. The van der Waals surface area contributed by atoms with E-state index in [4.69, 9.17) is 9.97 Å². The number of amides is 1. The summed E-state index contributed by atoms with van der Waals surface area (Å²) in [7, 11) is 0. The Bertz CT molecular complexity index is 1310. The highest BCUT2D eigenvalue weighted by Crippen LogP contribution is 2.35. The van der Waals surface area contributed by atoms with Gasteiger partial charge in [0.05, 0.1) is 6.04 Å². The van der Waals surface area contributed by atoms with Crippen LogP contribution in [0.5, 0.6) is 0 Å². The molecule has 10 nitrogen and oxygen atoms in total. The van der Waals surface area contributed by atoms with E-state index >= 15 is 0 Å². The number of hydrogen-bond donors (Lipinski definition) is 3. The minimum absolute atomic E-state index is 0.00515. The lowest BCUT2D eigenvalue weighted by molar-refractivity contribution is -0.126. The predicted octanol–water partition coefficient (Wildman–Crippen LogP) is 4.29. The molecule has 5 rings (SSSR count). The van der Waals surface area contributed by atoms with Crippen molar-refractivity contribution in [3.05, 3.63) is 71.7 Å². The minimum atomic E-state index is -0.117. The Labute approximate surface area is 210 Å². The van der Waals surface area contributed by atoms with Crippen LogP contribution in [-0.2, 0) is 4.79 Å². The van der Waals surface area contributed by atoms with Gasteiger partial charge in [-0.25, -0.2) is 19.6 Å². The standard InChI is InChI=1S/C26H31N9O/c1-16-13-22(31-23-14-17(2)33-34-23)32-25(29-16)19-5-7-20(8-6-19)26(36)30-18(3)21-9-10-24(27-15-21)35-12-4-11-28-35/h4,9-15,18-20H,5-8H2,1-3H3,(H,30,36)(H2,29,31,32,33,34)/t18-,19-,20+/m0/s1. The number of pyridine rings is 1. The summed E-state index contributed by atoms with van der Waals surface area (Å²) in [5, 5.41) is 17.8. The van der Waals surface area contributed by atoms with Gasteiger partial charge in [-0.2, -0.15) is 10.2 Å². The van der Waals surface area contributed by atoms with Crippen LogP contribution in [0, 0.1) is 19.8 Å². The highest BCUT2D eigenvalue weighted by Gasteiger charge is 2.29. The normalized spacial score (nSPS) is 18.5. The van der Waals surface area contributed by atoms with E-state index in [2.05, 4.69) is 30.9 Å². The maximum atomic E-state index is 13.0. The third-order valence-electron chi connectivity index (χ3n) is 6.67. The second-order valence-electron chi connectivity index (χ2n) is 9.49. The molecular weight excluding hydrogens is 454 g/mol. The van der Waals surface area contributed by atoms with Crippen molar-refractivity contribution >= 4 is 17.5 Å². The Balaban J connectivity index is 1.16. The number of carbonyl (C=O) groups is 1. The molecule has 3 N–H and O–H groups in total. The third kappa shape index (κ3) is 5.42. The van der Waals surface area contributed by atoms with Crippen molar-refractivity contribution in [1.29, 1.82) is 0 Å². The van der Waals surface area contributed by atoms with Gasteiger partial charge in [-0.05, 0) is 64.2 Å². The lowest BCUT2D eigenvalue weighted by atomic mass is 9.81. The van der Waals surface area contributed by atoms with E-state index in [1.807, 2.05) is 57.3 Å². The summed E-state index contributed by atoms with van der Waals surface area (Å²) < 4.78 is 1.71. The first kappa shape index (κ1) is 23.7. The van der Waals surface area contributed by atoms with Gasteiger partial charge < -0.3 is 10.6 Å². The SMILES string of the molecule is Cc1cc(Nc2cc(C)[nH]n2)nc([C@H]2CC[C@@H](C(=O)N[C@@H](C)c3ccc(-n4cccn4)nc3)CC2)n1. The number of nitrogens with one attached hydrogen (secondary N) is 3. The molecule has 4 aromatic rings. The highest BCUT2D eigenvalue weighted by molar-refractivity contribution is 5.79. The summed E-state index contributed by atoms with van der Waals surface area (Å²) in [4.78, 5) is 26.9. The summed E-state index contributed by atoms with van der Waals surface area (Å²) in [6, 6.07) is 9.49. The van der Waals surface area contributed by atoms with Crippen LogP contribution < -0.4 is 10.6 Å². The second kappa shape index (κ2) is 10.3. The van der Waals surface area contributed by atoms with Crippen molar-refractivity contribution in [3.63, 3.8) is 0 Å². The molecule has 4 aromatic heterocycles. The number of aryl methyl sites for hydroxylation is 2. The fourth-order valence-electron chi connectivity index (χ4n) is 4.67. The molecule has 1 saturated carbocycles. The molecule has 0 aliphatic heterocycles. The molecule has 186 valence electrons. The van der Waals surface area contributed by atoms with Crippen molar-refractivity contribution in [1.82, 2.24) is 40.2 Å². The molecule has 0 unspecified atom stereocenters. The quantitative estimate of drug-likeness (QED) is 0.356. The van der Waals surface area contributed by atoms with Crippen LogP contribution in [0.25, 0.3) is 5.82 Å². The largest absolute Gasteiger partial charge is 0.349 e. The van der Waals surface area contributed by atoms with Crippen LogP contribution >= 0.6 is 0 Å². The molecule has 0 aromatic carbocycles. The van der Waals surface area contributed by atoms with Crippen LogP contribution in [0.3, 0.4) is 0 Å². The first-order valence-corrected chi connectivity index (χ1v) is 12.4. The highest BCUT2D eigenvalue weighted by atomic mass is 16.1. The first-order chi connectivity index (χ1) is 17.4. The van der Waals surface area contributed by atoms with Gasteiger partial charge in [0.2, 0.25) is 5.91 Å². The Hall–Kier alpha value is -4.08. The van der Waals surface area contributed by atoms with Gasteiger partial charge in [-0.3, -0.25) is 9.89 Å². The van der Waals surface area contributed by atoms with Gasteiger partial charge in [0.25, 0.3) is 0 Å². The van der Waals surface area contributed by atoms with Crippen LogP contribution in [-0.4, -0.2) is 40.8 Å². The zero-order valence-electron chi connectivity index (χ0n) is 20.8. The van der Waals surface area contributed by atoms with Gasteiger partial charge in [0.1, 0.15) is 11.6 Å². The van der Waals surface area contributed by atoms with E-state index in [9.17, 15) is 4.79 Å². The van der Waals surface area contributed by atoms with E-state index in [-0.39, 0.29) is 23.8 Å². The molecular formula is C26H31N9O. The Morgan fingerprint density at radius 3 is 2.61 bits per heavy atom. The maximum absolute atomic E-state index is 13.0. The van der Waals surface area contributed by atoms with E-state index in [0.29, 0.717) is 0 Å². The van der Waals surface area contributed by atoms with Crippen LogP contribution in [0.2, 0.25) is 0 Å². The number of nitrogens with zero attached hydrogens (tertiary/aromatic N) is 6. The second-order valence-corrected chi connectivity index (χ2v) is 9.49. The Kier molecular flexibility index (Phi) is 6.75. The summed E-state index contributed by atoms with van der Waals surface area (Å²) in [6.07, 6.45) is 8.77. The number of anilines is 2. The average molecular weight is 486 g/mol. The zero-order valence-corrected chi connectivity index (χ0v) is 20.8. The summed E-state index contributed by atoms with van der Waals surface area (Å²) in [5.41, 5.74) is 2.86. The van der Waals surface area contributed by atoms with Gasteiger partial charge in [0.15, 0.2) is 11.6 Å². The molecule has 1 amide bonds. The molecule has 1 atom stereocenters. The molecule has 0 radical (unpaired) electrons. The van der Waals surface area contributed by atoms with Crippen molar-refractivity contribution in [2.45, 2.75) is 58.4 Å². The number of aromatic amines is 1. The molecule has 10 heteroatoms.